The predicted molar refractivity (Wildman–Crippen MR) is 97.5 cm³/mol. The molecule has 0 saturated heterocycles. The molecule has 0 aliphatic heterocycles. The molecule has 0 unspecified atom stereocenters. The van der Waals surface area contributed by atoms with Crippen LogP contribution in [0.4, 0.5) is 0 Å². The summed E-state index contributed by atoms with van der Waals surface area (Å²) in [4.78, 5) is 34.1. The van der Waals surface area contributed by atoms with E-state index in [1.165, 1.54) is 11.3 Å². The zero-order valence-electron chi connectivity index (χ0n) is 14.5. The quantitative estimate of drug-likeness (QED) is 0.766. The summed E-state index contributed by atoms with van der Waals surface area (Å²) in [6, 6.07) is -0.140. The highest BCUT2D eigenvalue weighted by atomic mass is 32.1. The van der Waals surface area contributed by atoms with Gasteiger partial charge in [0.25, 0.3) is 5.91 Å². The van der Waals surface area contributed by atoms with Gasteiger partial charge in [-0.1, -0.05) is 13.8 Å². The smallest absolute Gasteiger partial charge is 0.271 e. The Morgan fingerprint density at radius 3 is 2.85 bits per heavy atom. The maximum atomic E-state index is 12.5. The summed E-state index contributed by atoms with van der Waals surface area (Å²) < 4.78 is 0. The molecule has 26 heavy (non-hydrogen) atoms. The van der Waals surface area contributed by atoms with Crippen LogP contribution in [0.1, 0.15) is 48.1 Å². The second-order valence-corrected chi connectivity index (χ2v) is 7.85. The van der Waals surface area contributed by atoms with E-state index < -0.39 is 0 Å². The van der Waals surface area contributed by atoms with Gasteiger partial charge in [0.15, 0.2) is 5.82 Å². The SMILES string of the molecule is CC1(C)Cc2nc(-c3cnccn3)ncc2[C@@H](NC(=O)c2cscn2)C1. The first kappa shape index (κ1) is 16.7. The Kier molecular flexibility index (Phi) is 4.20. The molecular formula is C18H18N6OS. The van der Waals surface area contributed by atoms with E-state index in [-0.39, 0.29) is 17.4 Å². The number of thiazole rings is 1. The second kappa shape index (κ2) is 6.53. The number of nitrogens with one attached hydrogen (secondary N) is 1. The Morgan fingerprint density at radius 1 is 1.23 bits per heavy atom. The summed E-state index contributed by atoms with van der Waals surface area (Å²) >= 11 is 1.41. The van der Waals surface area contributed by atoms with E-state index in [2.05, 4.69) is 39.1 Å². The van der Waals surface area contributed by atoms with Gasteiger partial charge in [-0.3, -0.25) is 9.78 Å². The minimum atomic E-state index is -0.169. The number of amides is 1. The highest BCUT2D eigenvalue weighted by Gasteiger charge is 2.35. The maximum absolute atomic E-state index is 12.5. The third-order valence-corrected chi connectivity index (χ3v) is 5.03. The monoisotopic (exact) mass is 366 g/mol. The van der Waals surface area contributed by atoms with E-state index in [9.17, 15) is 4.79 Å². The van der Waals surface area contributed by atoms with Crippen LogP contribution in [-0.4, -0.2) is 30.8 Å². The van der Waals surface area contributed by atoms with Crippen LogP contribution < -0.4 is 5.32 Å². The first-order valence-electron chi connectivity index (χ1n) is 8.33. The van der Waals surface area contributed by atoms with Gasteiger partial charge >= 0.3 is 0 Å². The van der Waals surface area contributed by atoms with Crippen molar-refractivity contribution in [3.05, 3.63) is 52.6 Å². The van der Waals surface area contributed by atoms with Gasteiger partial charge in [-0.05, 0) is 18.3 Å². The summed E-state index contributed by atoms with van der Waals surface area (Å²) in [6.45, 7) is 4.37. The lowest BCUT2D eigenvalue weighted by atomic mass is 9.74. The van der Waals surface area contributed by atoms with E-state index in [0.717, 1.165) is 24.1 Å². The number of fused-ring (bicyclic) bond motifs is 1. The highest BCUT2D eigenvalue weighted by Crippen LogP contribution is 2.40. The van der Waals surface area contributed by atoms with E-state index in [0.29, 0.717) is 17.2 Å². The molecule has 3 aromatic heterocycles. The van der Waals surface area contributed by atoms with Crippen LogP contribution in [0.15, 0.2) is 35.7 Å². The summed E-state index contributed by atoms with van der Waals surface area (Å²) in [5, 5.41) is 4.84. The molecular weight excluding hydrogens is 348 g/mol. The molecule has 0 saturated carbocycles. The third-order valence-electron chi connectivity index (χ3n) is 4.44. The van der Waals surface area contributed by atoms with Crippen LogP contribution in [0.5, 0.6) is 0 Å². The van der Waals surface area contributed by atoms with Gasteiger partial charge in [0, 0.05) is 29.5 Å². The van der Waals surface area contributed by atoms with Crippen molar-refractivity contribution in [2.45, 2.75) is 32.7 Å². The Hall–Kier alpha value is -2.74. The first-order chi connectivity index (χ1) is 12.5. The van der Waals surface area contributed by atoms with Gasteiger partial charge in [0.05, 0.1) is 23.4 Å². The minimum absolute atomic E-state index is 0.0149. The molecule has 3 aromatic rings. The molecule has 132 valence electrons. The molecule has 0 aromatic carbocycles. The molecule has 1 atom stereocenters. The molecule has 7 nitrogen and oxygen atoms in total. The molecule has 1 aliphatic carbocycles. The van der Waals surface area contributed by atoms with Gasteiger partial charge in [-0.25, -0.2) is 19.9 Å². The van der Waals surface area contributed by atoms with Crippen molar-refractivity contribution in [3.63, 3.8) is 0 Å². The summed E-state index contributed by atoms with van der Waals surface area (Å²) in [7, 11) is 0. The number of rotatable bonds is 3. The number of carbonyl (C=O) groups is 1. The lowest BCUT2D eigenvalue weighted by molar-refractivity contribution is 0.0914. The third kappa shape index (κ3) is 3.32. The van der Waals surface area contributed by atoms with Crippen LogP contribution in [0.25, 0.3) is 11.5 Å². The molecule has 1 N–H and O–H groups in total. The van der Waals surface area contributed by atoms with Crippen molar-refractivity contribution in [2.24, 2.45) is 5.41 Å². The molecule has 0 spiro atoms. The van der Waals surface area contributed by atoms with E-state index in [4.69, 9.17) is 4.98 Å². The number of nitrogens with zero attached hydrogens (tertiary/aromatic N) is 5. The van der Waals surface area contributed by atoms with Crippen LogP contribution in [0.3, 0.4) is 0 Å². The van der Waals surface area contributed by atoms with Gasteiger partial charge in [0.1, 0.15) is 11.4 Å². The van der Waals surface area contributed by atoms with Crippen molar-refractivity contribution in [1.29, 1.82) is 0 Å². The van der Waals surface area contributed by atoms with Gasteiger partial charge in [-0.15, -0.1) is 11.3 Å². The topological polar surface area (TPSA) is 93.5 Å². The van der Waals surface area contributed by atoms with Crippen molar-refractivity contribution in [1.82, 2.24) is 30.2 Å². The van der Waals surface area contributed by atoms with E-state index in [1.807, 2.05) is 0 Å². The summed E-state index contributed by atoms with van der Waals surface area (Å²) in [5.41, 5.74) is 4.66. The van der Waals surface area contributed by atoms with Crippen molar-refractivity contribution in [2.75, 3.05) is 0 Å². The fourth-order valence-electron chi connectivity index (χ4n) is 3.27. The van der Waals surface area contributed by atoms with Crippen molar-refractivity contribution in [3.8, 4) is 11.5 Å². The Bertz CT molecular complexity index is 926. The fourth-order valence-corrected chi connectivity index (χ4v) is 3.80. The second-order valence-electron chi connectivity index (χ2n) is 7.13. The standard InChI is InChI=1S/C18H18N6OS/c1-18(2)5-12-11(7-21-16(23-12)14-8-19-3-4-20-14)13(6-18)24-17(25)15-9-26-10-22-15/h3-4,7-10,13H,5-6H2,1-2H3,(H,24,25)/t13-/m0/s1. The van der Waals surface area contributed by atoms with Crippen molar-refractivity contribution >= 4 is 17.2 Å². The maximum Gasteiger partial charge on any atom is 0.271 e. The average Bonchev–Trinajstić information content (AvgIpc) is 3.16. The number of hydrogen-bond donors (Lipinski definition) is 1. The van der Waals surface area contributed by atoms with Crippen LogP contribution >= 0.6 is 11.3 Å². The molecule has 0 bridgehead atoms. The lowest BCUT2D eigenvalue weighted by Crippen LogP contribution is -2.37. The Labute approximate surface area is 155 Å². The van der Waals surface area contributed by atoms with Crippen LogP contribution in [0.2, 0.25) is 0 Å². The zero-order chi connectivity index (χ0) is 18.1. The summed E-state index contributed by atoms with van der Waals surface area (Å²) in [5.74, 6) is 0.386. The molecule has 1 amide bonds. The molecule has 8 heteroatoms. The molecule has 0 radical (unpaired) electrons. The number of hydrogen-bond acceptors (Lipinski definition) is 7. The average molecular weight is 366 g/mol. The molecule has 0 fully saturated rings. The molecule has 4 rings (SSSR count). The fraction of sp³-hybridized carbons (Fsp3) is 0.333. The van der Waals surface area contributed by atoms with E-state index >= 15 is 0 Å². The van der Waals surface area contributed by atoms with Crippen LogP contribution in [-0.2, 0) is 6.42 Å². The van der Waals surface area contributed by atoms with Gasteiger partial charge in [-0.2, -0.15) is 0 Å². The van der Waals surface area contributed by atoms with Crippen molar-refractivity contribution < 1.29 is 4.79 Å². The first-order valence-corrected chi connectivity index (χ1v) is 9.27. The van der Waals surface area contributed by atoms with Gasteiger partial charge in [0.2, 0.25) is 0 Å². The Balaban J connectivity index is 1.67. The number of carbonyl (C=O) groups excluding carboxylic acids is 1. The van der Waals surface area contributed by atoms with E-state index in [1.54, 1.807) is 35.7 Å². The zero-order valence-corrected chi connectivity index (χ0v) is 15.3. The van der Waals surface area contributed by atoms with Gasteiger partial charge < -0.3 is 5.32 Å². The lowest BCUT2D eigenvalue weighted by Gasteiger charge is -2.36. The number of aromatic nitrogens is 5. The Morgan fingerprint density at radius 2 is 2.12 bits per heavy atom. The summed E-state index contributed by atoms with van der Waals surface area (Å²) in [6.07, 6.45) is 8.34. The predicted octanol–water partition coefficient (Wildman–Crippen LogP) is 2.83. The highest BCUT2D eigenvalue weighted by molar-refractivity contribution is 7.07. The minimum Gasteiger partial charge on any atom is -0.344 e. The normalized spacial score (nSPS) is 18.2. The largest absolute Gasteiger partial charge is 0.344 e. The van der Waals surface area contributed by atoms with Crippen LogP contribution in [0, 0.1) is 5.41 Å². The molecule has 1 aliphatic rings. The molecule has 3 heterocycles.